The van der Waals surface area contributed by atoms with Gasteiger partial charge in [0.1, 0.15) is 17.2 Å². The van der Waals surface area contributed by atoms with Gasteiger partial charge < -0.3 is 31.9 Å². The van der Waals surface area contributed by atoms with Crippen molar-refractivity contribution in [1.29, 1.82) is 0 Å². The summed E-state index contributed by atoms with van der Waals surface area (Å²) in [6, 6.07) is 9.01. The number of rotatable bonds is 5. The quantitative estimate of drug-likeness (QED) is 0.403. The third kappa shape index (κ3) is 6.69. The second-order valence-electron chi connectivity index (χ2n) is 8.97. The highest BCUT2D eigenvalue weighted by Crippen LogP contribution is 2.31. The number of halogens is 4. The first-order valence-corrected chi connectivity index (χ1v) is 12.9. The van der Waals surface area contributed by atoms with E-state index in [0.717, 1.165) is 25.2 Å². The van der Waals surface area contributed by atoms with Crippen LogP contribution in [0.25, 0.3) is 0 Å². The fourth-order valence-electron chi connectivity index (χ4n) is 3.96. The Bertz CT molecular complexity index is 1440. The van der Waals surface area contributed by atoms with Crippen molar-refractivity contribution in [3.8, 4) is 0 Å². The molecule has 0 atom stereocenters. The monoisotopic (exact) mass is 617 g/mol. The number of hydrogen-bond acceptors (Lipinski definition) is 9. The molecule has 40 heavy (non-hydrogen) atoms. The van der Waals surface area contributed by atoms with Crippen LogP contribution in [0.4, 0.5) is 24.5 Å². The lowest BCUT2D eigenvalue weighted by molar-refractivity contribution is -0.137. The van der Waals surface area contributed by atoms with Gasteiger partial charge in [0.25, 0.3) is 5.91 Å². The number of guanidine groups is 1. The van der Waals surface area contributed by atoms with Crippen LogP contribution in [0, 0.1) is 0 Å². The van der Waals surface area contributed by atoms with Crippen molar-refractivity contribution in [2.45, 2.75) is 6.18 Å². The summed E-state index contributed by atoms with van der Waals surface area (Å²) in [5, 5.41) is 5.52. The van der Waals surface area contributed by atoms with Gasteiger partial charge in [0.2, 0.25) is 5.96 Å². The number of piperazine rings is 1. The average molecular weight is 618 g/mol. The van der Waals surface area contributed by atoms with E-state index in [0.29, 0.717) is 29.2 Å². The van der Waals surface area contributed by atoms with Gasteiger partial charge in [0, 0.05) is 48.1 Å². The lowest BCUT2D eigenvalue weighted by atomic mass is 10.1. The van der Waals surface area contributed by atoms with Crippen LogP contribution in [0.3, 0.4) is 0 Å². The lowest BCUT2D eigenvalue weighted by Crippen LogP contribution is -2.48. The molecular formula is C26H27BrF3N9O. The van der Waals surface area contributed by atoms with Crippen LogP contribution in [-0.2, 0) is 6.18 Å². The topological polar surface area (TPSA) is 137 Å². The molecule has 0 bridgehead atoms. The molecule has 0 radical (unpaired) electrons. The molecule has 0 saturated carbocycles. The summed E-state index contributed by atoms with van der Waals surface area (Å²) in [4.78, 5) is 30.3. The zero-order chi connectivity index (χ0) is 29.0. The first-order valence-electron chi connectivity index (χ1n) is 12.1. The summed E-state index contributed by atoms with van der Waals surface area (Å²) < 4.78 is 39.7. The fourth-order valence-corrected chi connectivity index (χ4v) is 4.30. The molecule has 0 spiro atoms. The number of aliphatic imine (C=N–C) groups is 3. The van der Waals surface area contributed by atoms with E-state index < -0.39 is 17.6 Å². The Morgan fingerprint density at radius 3 is 2.52 bits per heavy atom. The Labute approximate surface area is 237 Å². The van der Waals surface area contributed by atoms with Crippen LogP contribution in [0.1, 0.15) is 15.9 Å². The smallest absolute Gasteiger partial charge is 0.383 e. The van der Waals surface area contributed by atoms with Gasteiger partial charge in [-0.3, -0.25) is 9.79 Å². The van der Waals surface area contributed by atoms with Crippen LogP contribution in [0.2, 0.25) is 0 Å². The highest BCUT2D eigenvalue weighted by atomic mass is 79.9. The van der Waals surface area contributed by atoms with Gasteiger partial charge in [-0.25, -0.2) is 4.99 Å². The number of alkyl halides is 3. The Kier molecular flexibility index (Phi) is 8.59. The van der Waals surface area contributed by atoms with E-state index in [1.54, 1.807) is 6.07 Å². The number of hydrogen-bond donors (Lipinski definition) is 4. The van der Waals surface area contributed by atoms with Crippen LogP contribution >= 0.6 is 15.9 Å². The minimum Gasteiger partial charge on any atom is -0.383 e. The third-order valence-corrected chi connectivity index (χ3v) is 6.80. The van der Waals surface area contributed by atoms with Crippen LogP contribution in [0.5, 0.6) is 0 Å². The molecule has 2 aromatic carbocycles. The SMILES string of the molecule is C=C/N=C1/C(N)=NC(N2CCN(C)CC2)=N/C1=C(/N)Nc1cc(C(=O)Nc2cccc(C(F)(F)F)c2)ccc1Br. The zero-order valence-electron chi connectivity index (χ0n) is 21.5. The summed E-state index contributed by atoms with van der Waals surface area (Å²) in [6.07, 6.45) is -3.23. The first-order chi connectivity index (χ1) is 19.0. The summed E-state index contributed by atoms with van der Waals surface area (Å²) in [5.41, 5.74) is 12.8. The van der Waals surface area contributed by atoms with Crippen molar-refractivity contribution in [1.82, 2.24) is 9.80 Å². The molecule has 0 aromatic heterocycles. The normalized spacial score (nSPS) is 18.6. The number of likely N-dealkylation sites (N-methyl/N-ethyl adjacent to an activating group) is 1. The van der Waals surface area contributed by atoms with E-state index in [1.807, 2.05) is 11.9 Å². The maximum atomic E-state index is 13.1. The van der Waals surface area contributed by atoms with E-state index in [1.165, 1.54) is 30.5 Å². The van der Waals surface area contributed by atoms with Crippen molar-refractivity contribution in [3.05, 3.63) is 82.4 Å². The van der Waals surface area contributed by atoms with Crippen molar-refractivity contribution in [2.24, 2.45) is 26.4 Å². The standard InChI is InChI=1S/C26H27BrF3N9O/c1-3-33-20-21(36-25(37-22(20)31)39-11-9-38(2)10-12-39)23(32)35-19-13-15(7-8-18(19)27)24(40)34-17-6-4-5-16(14-17)26(28,29)30/h3-8,13-14,35H,1,9-12,32H2,2H3,(H,34,40)(H2,31,36,37)/b23-21-,33-20+. The minimum absolute atomic E-state index is 0.00639. The highest BCUT2D eigenvalue weighted by Gasteiger charge is 2.30. The molecule has 2 aromatic rings. The Hall–Kier alpha value is -4.17. The molecule has 1 saturated heterocycles. The van der Waals surface area contributed by atoms with E-state index in [-0.39, 0.29) is 34.3 Å². The number of benzene rings is 2. The number of nitrogens with one attached hydrogen (secondary N) is 2. The van der Waals surface area contributed by atoms with E-state index in [2.05, 4.69) is 53.0 Å². The Balaban J connectivity index is 1.61. The number of amides is 1. The summed E-state index contributed by atoms with van der Waals surface area (Å²) in [7, 11) is 2.03. The molecule has 10 nitrogen and oxygen atoms in total. The van der Waals surface area contributed by atoms with Crippen LogP contribution < -0.4 is 22.1 Å². The predicted molar refractivity (Wildman–Crippen MR) is 154 cm³/mol. The molecule has 1 amide bonds. The van der Waals surface area contributed by atoms with Crippen molar-refractivity contribution in [2.75, 3.05) is 43.9 Å². The average Bonchev–Trinajstić information content (AvgIpc) is 2.91. The molecule has 2 aliphatic heterocycles. The minimum atomic E-state index is -4.53. The van der Waals surface area contributed by atoms with Gasteiger partial charge in [-0.1, -0.05) is 12.6 Å². The van der Waals surface area contributed by atoms with E-state index in [9.17, 15) is 18.0 Å². The second kappa shape index (κ2) is 11.9. The number of nitrogens with zero attached hydrogens (tertiary/aromatic N) is 5. The maximum Gasteiger partial charge on any atom is 0.416 e. The molecule has 1 fully saturated rings. The van der Waals surface area contributed by atoms with E-state index >= 15 is 0 Å². The summed E-state index contributed by atoms with van der Waals surface area (Å²) >= 11 is 3.43. The third-order valence-electron chi connectivity index (χ3n) is 6.11. The van der Waals surface area contributed by atoms with Crippen LogP contribution in [-0.4, -0.2) is 66.4 Å². The zero-order valence-corrected chi connectivity index (χ0v) is 23.1. The number of nitrogens with two attached hydrogens (primary N) is 2. The van der Waals surface area contributed by atoms with Crippen molar-refractivity contribution in [3.63, 3.8) is 0 Å². The van der Waals surface area contributed by atoms with Gasteiger partial charge in [0.05, 0.1) is 11.3 Å². The molecule has 0 aliphatic carbocycles. The second-order valence-corrected chi connectivity index (χ2v) is 9.83. The van der Waals surface area contributed by atoms with Gasteiger partial charge in [-0.15, -0.1) is 0 Å². The maximum absolute atomic E-state index is 13.1. The molecule has 14 heteroatoms. The lowest BCUT2D eigenvalue weighted by Gasteiger charge is -2.34. The summed E-state index contributed by atoms with van der Waals surface area (Å²) in [5.74, 6) is -0.000794. The molecule has 6 N–H and O–H groups in total. The highest BCUT2D eigenvalue weighted by molar-refractivity contribution is 9.10. The first kappa shape index (κ1) is 28.8. The molecule has 4 rings (SSSR count). The van der Waals surface area contributed by atoms with Gasteiger partial charge in [0.15, 0.2) is 5.84 Å². The number of carbonyl (C=O) groups is 1. The Morgan fingerprint density at radius 2 is 1.85 bits per heavy atom. The molecule has 2 aliphatic rings. The fraction of sp³-hybridized carbons (Fsp3) is 0.231. The van der Waals surface area contributed by atoms with Crippen LogP contribution in [0.15, 0.2) is 86.2 Å². The molecular weight excluding hydrogens is 591 g/mol. The summed E-state index contributed by atoms with van der Waals surface area (Å²) in [6.45, 7) is 6.69. The van der Waals surface area contributed by atoms with E-state index in [4.69, 9.17) is 11.5 Å². The largest absolute Gasteiger partial charge is 0.416 e. The van der Waals surface area contributed by atoms with Crippen molar-refractivity contribution >= 4 is 50.7 Å². The molecule has 210 valence electrons. The van der Waals surface area contributed by atoms with Gasteiger partial charge in [-0.2, -0.15) is 18.2 Å². The number of anilines is 2. The number of carbonyl (C=O) groups excluding carboxylic acids is 1. The molecule has 0 unspecified atom stereocenters. The predicted octanol–water partition coefficient (Wildman–Crippen LogP) is 3.82. The molecule has 2 heterocycles. The van der Waals surface area contributed by atoms with Crippen molar-refractivity contribution < 1.29 is 18.0 Å². The van der Waals surface area contributed by atoms with Gasteiger partial charge in [-0.05, 0) is 59.4 Å². The Morgan fingerprint density at radius 1 is 1.12 bits per heavy atom. The number of amidine groups is 1. The van der Waals surface area contributed by atoms with Gasteiger partial charge >= 0.3 is 6.18 Å².